The molecule has 0 spiro atoms. The van der Waals surface area contributed by atoms with Gasteiger partial charge in [-0.05, 0) is 31.4 Å². The van der Waals surface area contributed by atoms with E-state index >= 15 is 0 Å². The van der Waals surface area contributed by atoms with E-state index in [1.807, 2.05) is 24.7 Å². The Hall–Kier alpha value is -2.50. The fraction of sp³-hybridized carbons (Fsp3) is 0.412. The molecule has 23 heavy (non-hydrogen) atoms. The number of carbonyl (C=O) groups excluding carboxylic acids is 1. The molecule has 124 valence electrons. The van der Waals surface area contributed by atoms with E-state index in [0.717, 1.165) is 25.8 Å². The monoisotopic (exact) mass is 317 g/mol. The van der Waals surface area contributed by atoms with Crippen LogP contribution in [0.2, 0.25) is 0 Å². The highest BCUT2D eigenvalue weighted by Crippen LogP contribution is 2.25. The number of hydrogen-bond donors (Lipinski definition) is 1. The van der Waals surface area contributed by atoms with Gasteiger partial charge in [-0.15, -0.1) is 0 Å². The van der Waals surface area contributed by atoms with Crippen LogP contribution in [0, 0.1) is 0 Å². The predicted octanol–water partition coefficient (Wildman–Crippen LogP) is 2.26. The number of hydrogen-bond acceptors (Lipinski definition) is 4. The number of nitrogens with zero attached hydrogens (tertiary/aromatic N) is 2. The molecule has 0 atom stereocenters. The first-order chi connectivity index (χ1) is 11.3. The molecular weight excluding hydrogens is 294 g/mol. The number of imidazole rings is 1. The van der Waals surface area contributed by atoms with Gasteiger partial charge in [0.1, 0.15) is 0 Å². The van der Waals surface area contributed by atoms with Gasteiger partial charge in [0.2, 0.25) is 0 Å². The van der Waals surface area contributed by atoms with Crippen LogP contribution in [-0.2, 0) is 11.3 Å². The van der Waals surface area contributed by atoms with Crippen LogP contribution in [0.3, 0.4) is 0 Å². The minimum absolute atomic E-state index is 0.00455. The zero-order valence-corrected chi connectivity index (χ0v) is 13.4. The third kappa shape index (κ3) is 6.02. The van der Waals surface area contributed by atoms with E-state index in [0.29, 0.717) is 18.0 Å². The first-order valence-corrected chi connectivity index (χ1v) is 7.78. The molecule has 2 aromatic rings. The lowest BCUT2D eigenvalue weighted by molar-refractivity contribution is -0.123. The number of unbranched alkanes of at least 4 members (excludes halogenated alkanes) is 2. The summed E-state index contributed by atoms with van der Waals surface area (Å²) in [6.07, 6.45) is 8.64. The van der Waals surface area contributed by atoms with E-state index in [1.54, 1.807) is 25.4 Å². The van der Waals surface area contributed by atoms with Crippen molar-refractivity contribution in [3.05, 3.63) is 43.0 Å². The van der Waals surface area contributed by atoms with Crippen LogP contribution >= 0.6 is 0 Å². The van der Waals surface area contributed by atoms with Crippen molar-refractivity contribution in [1.82, 2.24) is 14.9 Å². The molecule has 0 aliphatic carbocycles. The van der Waals surface area contributed by atoms with Crippen molar-refractivity contribution >= 4 is 5.91 Å². The number of amides is 1. The minimum Gasteiger partial charge on any atom is -0.493 e. The Labute approximate surface area is 136 Å². The number of aryl methyl sites for hydroxylation is 1. The van der Waals surface area contributed by atoms with Gasteiger partial charge in [-0.2, -0.15) is 0 Å². The number of ether oxygens (including phenoxy) is 2. The van der Waals surface area contributed by atoms with E-state index in [-0.39, 0.29) is 12.5 Å². The molecule has 0 aliphatic rings. The summed E-state index contributed by atoms with van der Waals surface area (Å²) in [5.74, 6) is 1.08. The van der Waals surface area contributed by atoms with Crippen molar-refractivity contribution in [2.75, 3.05) is 20.3 Å². The number of carbonyl (C=O) groups is 1. The first-order valence-electron chi connectivity index (χ1n) is 7.78. The van der Waals surface area contributed by atoms with Crippen LogP contribution < -0.4 is 14.8 Å². The average molecular weight is 317 g/mol. The Balaban J connectivity index is 1.55. The molecule has 1 N–H and O–H groups in total. The zero-order valence-electron chi connectivity index (χ0n) is 13.4. The highest BCUT2D eigenvalue weighted by Gasteiger charge is 2.06. The average Bonchev–Trinajstić information content (AvgIpc) is 3.09. The summed E-state index contributed by atoms with van der Waals surface area (Å²) in [7, 11) is 1.58. The lowest BCUT2D eigenvalue weighted by atomic mass is 10.2. The zero-order chi connectivity index (χ0) is 16.3. The number of methoxy groups -OCH3 is 1. The minimum atomic E-state index is -0.120. The number of benzene rings is 1. The lowest BCUT2D eigenvalue weighted by Crippen LogP contribution is -2.29. The molecule has 0 bridgehead atoms. The summed E-state index contributed by atoms with van der Waals surface area (Å²) >= 11 is 0. The maximum Gasteiger partial charge on any atom is 0.257 e. The molecule has 1 heterocycles. The van der Waals surface area contributed by atoms with Crippen molar-refractivity contribution in [3.63, 3.8) is 0 Å². The molecule has 0 saturated heterocycles. The van der Waals surface area contributed by atoms with Gasteiger partial charge in [0.25, 0.3) is 5.91 Å². The molecule has 1 aromatic carbocycles. The van der Waals surface area contributed by atoms with Crippen LogP contribution in [-0.4, -0.2) is 35.7 Å². The molecule has 2 rings (SSSR count). The predicted molar refractivity (Wildman–Crippen MR) is 87.6 cm³/mol. The van der Waals surface area contributed by atoms with Gasteiger partial charge in [0, 0.05) is 25.5 Å². The molecule has 0 aliphatic heterocycles. The molecule has 6 heteroatoms. The van der Waals surface area contributed by atoms with E-state index in [4.69, 9.17) is 9.47 Å². The van der Waals surface area contributed by atoms with E-state index in [2.05, 4.69) is 14.9 Å². The second-order valence-corrected chi connectivity index (χ2v) is 5.15. The third-order valence-corrected chi connectivity index (χ3v) is 3.40. The van der Waals surface area contributed by atoms with Gasteiger partial charge in [-0.1, -0.05) is 12.1 Å². The Kier molecular flexibility index (Phi) is 6.97. The van der Waals surface area contributed by atoms with E-state index in [1.165, 1.54) is 0 Å². The molecule has 0 unspecified atom stereocenters. The van der Waals surface area contributed by atoms with Crippen molar-refractivity contribution in [2.45, 2.75) is 25.8 Å². The Morgan fingerprint density at radius 1 is 1.22 bits per heavy atom. The number of aromatic nitrogens is 2. The van der Waals surface area contributed by atoms with Gasteiger partial charge < -0.3 is 19.4 Å². The fourth-order valence-corrected chi connectivity index (χ4v) is 2.18. The van der Waals surface area contributed by atoms with Crippen molar-refractivity contribution in [1.29, 1.82) is 0 Å². The number of para-hydroxylation sites is 2. The quantitative estimate of drug-likeness (QED) is 0.683. The highest BCUT2D eigenvalue weighted by molar-refractivity contribution is 5.77. The van der Waals surface area contributed by atoms with Crippen LogP contribution in [0.4, 0.5) is 0 Å². The van der Waals surface area contributed by atoms with Gasteiger partial charge >= 0.3 is 0 Å². The van der Waals surface area contributed by atoms with Crippen LogP contribution in [0.1, 0.15) is 19.3 Å². The highest BCUT2D eigenvalue weighted by atomic mass is 16.5. The summed E-state index contributed by atoms with van der Waals surface area (Å²) < 4.78 is 12.7. The van der Waals surface area contributed by atoms with Crippen molar-refractivity contribution in [3.8, 4) is 11.5 Å². The fourth-order valence-electron chi connectivity index (χ4n) is 2.18. The van der Waals surface area contributed by atoms with Crippen LogP contribution in [0.5, 0.6) is 11.5 Å². The number of rotatable bonds is 10. The van der Waals surface area contributed by atoms with E-state index in [9.17, 15) is 4.79 Å². The van der Waals surface area contributed by atoms with Gasteiger partial charge in [0.15, 0.2) is 18.1 Å². The molecule has 0 radical (unpaired) electrons. The molecule has 1 amide bonds. The van der Waals surface area contributed by atoms with Crippen LogP contribution in [0.25, 0.3) is 0 Å². The van der Waals surface area contributed by atoms with Gasteiger partial charge in [-0.3, -0.25) is 4.79 Å². The largest absolute Gasteiger partial charge is 0.493 e. The molecule has 0 fully saturated rings. The third-order valence-electron chi connectivity index (χ3n) is 3.40. The Morgan fingerprint density at radius 3 is 2.78 bits per heavy atom. The standard InChI is InChI=1S/C17H23N3O3/c1-22-15-7-3-4-8-16(15)23-13-17(21)19-9-5-2-6-11-20-12-10-18-14-20/h3-4,7-8,10,12,14H,2,5-6,9,11,13H2,1H3,(H,19,21). The van der Waals surface area contributed by atoms with Crippen molar-refractivity contribution < 1.29 is 14.3 Å². The topological polar surface area (TPSA) is 65.4 Å². The summed E-state index contributed by atoms with van der Waals surface area (Å²) in [4.78, 5) is 15.7. The number of nitrogens with one attached hydrogen (secondary N) is 1. The summed E-state index contributed by atoms with van der Waals surface area (Å²) in [6.45, 7) is 1.62. The van der Waals surface area contributed by atoms with E-state index < -0.39 is 0 Å². The summed E-state index contributed by atoms with van der Waals surface area (Å²) in [5, 5.41) is 2.86. The maximum atomic E-state index is 11.7. The summed E-state index contributed by atoms with van der Waals surface area (Å²) in [6, 6.07) is 7.28. The second-order valence-electron chi connectivity index (χ2n) is 5.15. The normalized spacial score (nSPS) is 10.3. The van der Waals surface area contributed by atoms with Crippen LogP contribution in [0.15, 0.2) is 43.0 Å². The summed E-state index contributed by atoms with van der Waals surface area (Å²) in [5.41, 5.74) is 0. The SMILES string of the molecule is COc1ccccc1OCC(=O)NCCCCCn1ccnc1. The molecule has 0 saturated carbocycles. The first kappa shape index (κ1) is 16.9. The molecule has 1 aromatic heterocycles. The second kappa shape index (κ2) is 9.50. The molecular formula is C17H23N3O3. The maximum absolute atomic E-state index is 11.7. The lowest BCUT2D eigenvalue weighted by Gasteiger charge is -2.10. The van der Waals surface area contributed by atoms with Gasteiger partial charge in [-0.25, -0.2) is 4.98 Å². The molecule has 6 nitrogen and oxygen atoms in total. The van der Waals surface area contributed by atoms with Crippen molar-refractivity contribution in [2.24, 2.45) is 0 Å². The smallest absolute Gasteiger partial charge is 0.257 e. The Morgan fingerprint density at radius 2 is 2.04 bits per heavy atom. The Bertz CT molecular complexity index is 585. The van der Waals surface area contributed by atoms with Gasteiger partial charge in [0.05, 0.1) is 13.4 Å².